The first-order valence-corrected chi connectivity index (χ1v) is 7.66. The molecule has 0 aliphatic carbocycles. The van der Waals surface area contributed by atoms with Crippen LogP contribution in [0.15, 0.2) is 0 Å². The van der Waals surface area contributed by atoms with E-state index in [1.165, 1.54) is 0 Å². The molecule has 128 valence electrons. The van der Waals surface area contributed by atoms with Crippen LogP contribution in [0.1, 0.15) is 72.1 Å². The fourth-order valence-electron chi connectivity index (χ4n) is 1.79. The zero-order valence-corrected chi connectivity index (χ0v) is 13.8. The largest absolute Gasteiger partial charge is 0.481 e. The van der Waals surface area contributed by atoms with E-state index < -0.39 is 23.6 Å². The van der Waals surface area contributed by atoms with Crippen LogP contribution in [0.3, 0.4) is 0 Å². The van der Waals surface area contributed by atoms with Gasteiger partial charge in [-0.3, -0.25) is 9.59 Å². The Hall–Kier alpha value is -1.63. The third kappa shape index (κ3) is 11.1. The third-order valence-corrected chi connectivity index (χ3v) is 2.89. The summed E-state index contributed by atoms with van der Waals surface area (Å²) in [6.07, 6.45) is 4.50. The highest BCUT2D eigenvalue weighted by Gasteiger charge is 2.24. The number of carboxylic acid groups (broad SMARTS) is 1. The molecule has 0 aliphatic rings. The lowest BCUT2D eigenvalue weighted by molar-refractivity contribution is -0.137. The number of hydrogen-bond acceptors (Lipinski definition) is 5. The van der Waals surface area contributed by atoms with E-state index in [0.29, 0.717) is 17.9 Å². The molecule has 0 bridgehead atoms. The maximum absolute atomic E-state index is 11.7. The van der Waals surface area contributed by atoms with Crippen molar-refractivity contribution in [2.24, 2.45) is 5.84 Å². The Morgan fingerprint density at radius 3 is 1.86 bits per heavy atom. The fourth-order valence-corrected chi connectivity index (χ4v) is 1.79. The minimum absolute atomic E-state index is 0.199. The molecule has 0 aromatic carbocycles. The van der Waals surface area contributed by atoms with Crippen molar-refractivity contribution in [2.75, 3.05) is 0 Å². The lowest BCUT2D eigenvalue weighted by Crippen LogP contribution is -2.45. The average molecular weight is 316 g/mol. The second-order valence-corrected chi connectivity index (χ2v) is 6.26. The van der Waals surface area contributed by atoms with Crippen molar-refractivity contribution in [3.05, 3.63) is 0 Å². The lowest BCUT2D eigenvalue weighted by Gasteiger charge is -2.23. The molecule has 0 aromatic rings. The minimum Gasteiger partial charge on any atom is -0.481 e. The summed E-state index contributed by atoms with van der Waals surface area (Å²) in [6, 6.07) is 0. The molecule has 7 nitrogen and oxygen atoms in total. The van der Waals surface area contributed by atoms with Crippen molar-refractivity contribution in [3.8, 4) is 0 Å². The molecule has 0 aromatic heterocycles. The van der Waals surface area contributed by atoms with E-state index >= 15 is 0 Å². The number of carbonyl (C=O) groups excluding carboxylic acids is 2. The van der Waals surface area contributed by atoms with Gasteiger partial charge < -0.3 is 9.84 Å². The van der Waals surface area contributed by atoms with Gasteiger partial charge in [0.15, 0.2) is 0 Å². The number of ether oxygens (including phenoxy) is 1. The third-order valence-electron chi connectivity index (χ3n) is 2.89. The van der Waals surface area contributed by atoms with Crippen molar-refractivity contribution in [1.29, 1.82) is 0 Å². The maximum Gasteiger partial charge on any atom is 0.431 e. The minimum atomic E-state index is -0.842. The summed E-state index contributed by atoms with van der Waals surface area (Å²) in [5.41, 5.74) is -0.690. The van der Waals surface area contributed by atoms with Crippen molar-refractivity contribution in [2.45, 2.75) is 77.7 Å². The van der Waals surface area contributed by atoms with Gasteiger partial charge in [-0.2, -0.15) is 5.01 Å². The molecule has 0 rings (SSSR count). The number of nitrogens with two attached hydrogens (primary N) is 1. The van der Waals surface area contributed by atoms with E-state index in [4.69, 9.17) is 15.7 Å². The predicted octanol–water partition coefficient (Wildman–Crippen LogP) is 2.83. The summed E-state index contributed by atoms with van der Waals surface area (Å²) in [7, 11) is 0. The predicted molar refractivity (Wildman–Crippen MR) is 81.8 cm³/mol. The molecular formula is C15H28N2O5. The molecule has 0 aliphatic heterocycles. The molecule has 0 heterocycles. The van der Waals surface area contributed by atoms with Gasteiger partial charge in [0.05, 0.1) is 0 Å². The molecule has 7 heteroatoms. The van der Waals surface area contributed by atoms with Crippen molar-refractivity contribution < 1.29 is 24.2 Å². The zero-order chi connectivity index (χ0) is 17.2. The molecule has 0 saturated carbocycles. The smallest absolute Gasteiger partial charge is 0.431 e. The van der Waals surface area contributed by atoms with Gasteiger partial charge in [-0.05, 0) is 33.6 Å². The number of imide groups is 1. The summed E-state index contributed by atoms with van der Waals surface area (Å²) < 4.78 is 5.00. The van der Waals surface area contributed by atoms with Crippen LogP contribution in [-0.4, -0.2) is 33.7 Å². The summed E-state index contributed by atoms with van der Waals surface area (Å²) in [6.45, 7) is 5.11. The number of hydrazine groups is 1. The molecule has 3 N–H and O–H groups in total. The summed E-state index contributed by atoms with van der Waals surface area (Å²) >= 11 is 0. The number of rotatable bonds is 9. The van der Waals surface area contributed by atoms with Crippen LogP contribution in [0.4, 0.5) is 4.79 Å². The zero-order valence-electron chi connectivity index (χ0n) is 13.8. The van der Waals surface area contributed by atoms with E-state index in [0.717, 1.165) is 25.7 Å². The SMILES string of the molecule is CC(C)(C)OC(=O)N(N)C(=O)CCCCCCCCC(=O)O. The molecule has 0 atom stereocenters. The Bertz CT molecular complexity index is 377. The Morgan fingerprint density at radius 2 is 1.41 bits per heavy atom. The van der Waals surface area contributed by atoms with Crippen LogP contribution in [-0.2, 0) is 14.3 Å². The van der Waals surface area contributed by atoms with E-state index in [9.17, 15) is 14.4 Å². The molecule has 0 saturated heterocycles. The van der Waals surface area contributed by atoms with E-state index in [-0.39, 0.29) is 12.8 Å². The van der Waals surface area contributed by atoms with Gasteiger partial charge in [0.1, 0.15) is 5.60 Å². The molecule has 22 heavy (non-hydrogen) atoms. The van der Waals surface area contributed by atoms with Gasteiger partial charge in [-0.15, -0.1) is 0 Å². The van der Waals surface area contributed by atoms with E-state index in [2.05, 4.69) is 0 Å². The Morgan fingerprint density at radius 1 is 0.955 bits per heavy atom. The number of aliphatic carboxylic acids is 1. The van der Waals surface area contributed by atoms with E-state index in [1.807, 2.05) is 0 Å². The van der Waals surface area contributed by atoms with Gasteiger partial charge in [0.2, 0.25) is 5.91 Å². The standard InChI is InChI=1S/C15H28N2O5/c1-15(2,3)22-14(21)17(16)12(18)10-8-6-4-5-7-9-11-13(19)20/h4-11,16H2,1-3H3,(H,19,20). The number of hydrogen-bond donors (Lipinski definition) is 2. The topological polar surface area (TPSA) is 110 Å². The van der Waals surface area contributed by atoms with Gasteiger partial charge in [0, 0.05) is 12.8 Å². The van der Waals surface area contributed by atoms with Crippen molar-refractivity contribution in [1.82, 2.24) is 5.01 Å². The highest BCUT2D eigenvalue weighted by molar-refractivity contribution is 5.91. The second kappa shape index (κ2) is 10.2. The Balaban J connectivity index is 3.72. The summed E-state index contributed by atoms with van der Waals surface area (Å²) in [4.78, 5) is 33.6. The number of unbranched alkanes of at least 4 members (excludes halogenated alkanes) is 5. The van der Waals surface area contributed by atoms with Crippen LogP contribution in [0.2, 0.25) is 0 Å². The lowest BCUT2D eigenvalue weighted by atomic mass is 10.1. The van der Waals surface area contributed by atoms with Crippen LogP contribution in [0.25, 0.3) is 0 Å². The van der Waals surface area contributed by atoms with Crippen LogP contribution in [0.5, 0.6) is 0 Å². The monoisotopic (exact) mass is 316 g/mol. The number of carboxylic acids is 1. The van der Waals surface area contributed by atoms with Crippen LogP contribution in [0, 0.1) is 0 Å². The van der Waals surface area contributed by atoms with Gasteiger partial charge >= 0.3 is 12.1 Å². The van der Waals surface area contributed by atoms with Crippen LogP contribution < -0.4 is 5.84 Å². The first kappa shape index (κ1) is 20.4. The van der Waals surface area contributed by atoms with Crippen molar-refractivity contribution in [3.63, 3.8) is 0 Å². The first-order chi connectivity index (χ1) is 10.1. The number of carbonyl (C=O) groups is 3. The average Bonchev–Trinajstić information content (AvgIpc) is 2.38. The molecule has 0 spiro atoms. The Labute approximate surface area is 131 Å². The fraction of sp³-hybridized carbons (Fsp3) is 0.800. The molecule has 0 unspecified atom stereocenters. The van der Waals surface area contributed by atoms with Gasteiger partial charge in [-0.1, -0.05) is 25.7 Å². The number of nitrogens with zero attached hydrogens (tertiary/aromatic N) is 1. The molecule has 0 fully saturated rings. The number of amides is 2. The first-order valence-electron chi connectivity index (χ1n) is 7.66. The van der Waals surface area contributed by atoms with Gasteiger partial charge in [0.25, 0.3) is 0 Å². The molecule has 2 amide bonds. The highest BCUT2D eigenvalue weighted by atomic mass is 16.6. The summed E-state index contributed by atoms with van der Waals surface area (Å²) in [5, 5.41) is 9.02. The Kier molecular flexibility index (Phi) is 9.40. The second-order valence-electron chi connectivity index (χ2n) is 6.26. The maximum atomic E-state index is 11.7. The molecular weight excluding hydrogens is 288 g/mol. The normalized spacial score (nSPS) is 11.1. The van der Waals surface area contributed by atoms with Crippen molar-refractivity contribution >= 4 is 18.0 Å². The highest BCUT2D eigenvalue weighted by Crippen LogP contribution is 2.11. The van der Waals surface area contributed by atoms with E-state index in [1.54, 1.807) is 20.8 Å². The van der Waals surface area contributed by atoms with Gasteiger partial charge in [-0.25, -0.2) is 10.6 Å². The molecule has 0 radical (unpaired) electrons. The van der Waals surface area contributed by atoms with Crippen LogP contribution >= 0.6 is 0 Å². The summed E-state index contributed by atoms with van der Waals surface area (Å²) in [5.74, 6) is 4.20. The quantitative estimate of drug-likeness (QED) is 0.293.